The average molecular weight is 265 g/mol. The van der Waals surface area contributed by atoms with Crippen LogP contribution in [0.4, 0.5) is 0 Å². The number of ether oxygens (including phenoxy) is 1. The van der Waals surface area contributed by atoms with Crippen LogP contribution in [0.2, 0.25) is 0 Å². The van der Waals surface area contributed by atoms with Crippen LogP contribution in [0.1, 0.15) is 29.8 Å². The zero-order chi connectivity index (χ0) is 14.3. The third kappa shape index (κ3) is 4.71. The van der Waals surface area contributed by atoms with E-state index in [1.54, 1.807) is 25.1 Å². The van der Waals surface area contributed by atoms with Gasteiger partial charge in [-0.1, -0.05) is 19.1 Å². The zero-order valence-electron chi connectivity index (χ0n) is 11.2. The summed E-state index contributed by atoms with van der Waals surface area (Å²) in [6, 6.07) is 6.13. The molecule has 0 saturated carbocycles. The van der Waals surface area contributed by atoms with Crippen molar-refractivity contribution in [2.45, 2.75) is 26.3 Å². The minimum Gasteiger partial charge on any atom is -0.478 e. The molecular weight excluding hydrogens is 246 g/mol. The number of likely N-dealkylation sites (N-methyl/N-ethyl adjacent to an activating group) is 1. The van der Waals surface area contributed by atoms with E-state index >= 15 is 0 Å². The number of esters is 1. The van der Waals surface area contributed by atoms with Crippen LogP contribution < -0.4 is 5.32 Å². The Balaban J connectivity index is 2.81. The van der Waals surface area contributed by atoms with E-state index in [1.165, 1.54) is 6.07 Å². The molecule has 0 aliphatic rings. The fraction of sp³-hybridized carbons (Fsp3) is 0.429. The Morgan fingerprint density at radius 2 is 2.11 bits per heavy atom. The molecule has 19 heavy (non-hydrogen) atoms. The molecule has 1 aromatic carbocycles. The maximum absolute atomic E-state index is 11.8. The first-order valence-corrected chi connectivity index (χ1v) is 6.30. The molecule has 5 heteroatoms. The Morgan fingerprint density at radius 3 is 2.68 bits per heavy atom. The third-order valence-electron chi connectivity index (χ3n) is 2.64. The first-order valence-electron chi connectivity index (χ1n) is 6.30. The smallest absolute Gasteiger partial charge is 0.335 e. The maximum Gasteiger partial charge on any atom is 0.335 e. The normalized spacial score (nSPS) is 11.9. The topological polar surface area (TPSA) is 75.6 Å². The highest BCUT2D eigenvalue weighted by atomic mass is 16.5. The molecule has 0 bridgehead atoms. The number of hydrogen-bond donors (Lipinski definition) is 2. The second-order valence-corrected chi connectivity index (χ2v) is 4.07. The van der Waals surface area contributed by atoms with Gasteiger partial charge >= 0.3 is 11.9 Å². The second-order valence-electron chi connectivity index (χ2n) is 4.07. The van der Waals surface area contributed by atoms with Gasteiger partial charge in [0.1, 0.15) is 6.04 Å². The van der Waals surface area contributed by atoms with E-state index in [2.05, 4.69) is 5.32 Å². The summed E-state index contributed by atoms with van der Waals surface area (Å²) in [4.78, 5) is 22.6. The van der Waals surface area contributed by atoms with Crippen molar-refractivity contribution in [2.75, 3.05) is 13.2 Å². The number of aromatic carboxylic acids is 1. The predicted molar refractivity (Wildman–Crippen MR) is 71.2 cm³/mol. The minimum atomic E-state index is -0.974. The largest absolute Gasteiger partial charge is 0.478 e. The summed E-state index contributed by atoms with van der Waals surface area (Å²) in [5.41, 5.74) is 1.01. The Kier molecular flexibility index (Phi) is 6.02. The van der Waals surface area contributed by atoms with Crippen LogP contribution in [0, 0.1) is 0 Å². The fourth-order valence-electron chi connectivity index (χ4n) is 1.80. The molecule has 1 atom stereocenters. The SMILES string of the molecule is CCN[C@H](Cc1cccc(C(=O)O)c1)C(=O)OCC. The maximum atomic E-state index is 11.8. The van der Waals surface area contributed by atoms with Gasteiger partial charge in [-0.3, -0.25) is 4.79 Å². The first kappa shape index (κ1) is 15.2. The van der Waals surface area contributed by atoms with E-state index in [9.17, 15) is 9.59 Å². The van der Waals surface area contributed by atoms with E-state index in [0.29, 0.717) is 19.6 Å². The molecule has 0 saturated heterocycles. The average Bonchev–Trinajstić information content (AvgIpc) is 2.39. The third-order valence-corrected chi connectivity index (χ3v) is 2.64. The molecule has 1 rings (SSSR count). The highest BCUT2D eigenvalue weighted by Crippen LogP contribution is 2.09. The van der Waals surface area contributed by atoms with Gasteiger partial charge in [0.05, 0.1) is 12.2 Å². The lowest BCUT2D eigenvalue weighted by Crippen LogP contribution is -2.39. The summed E-state index contributed by atoms with van der Waals surface area (Å²) in [5.74, 6) is -1.29. The van der Waals surface area contributed by atoms with Gasteiger partial charge in [-0.2, -0.15) is 0 Å². The van der Waals surface area contributed by atoms with Gasteiger partial charge in [-0.25, -0.2) is 4.79 Å². The molecule has 0 fully saturated rings. The van der Waals surface area contributed by atoms with Crippen molar-refractivity contribution in [2.24, 2.45) is 0 Å². The Labute approximate surface area is 112 Å². The zero-order valence-corrected chi connectivity index (χ0v) is 11.2. The molecule has 1 aromatic rings. The lowest BCUT2D eigenvalue weighted by Gasteiger charge is -2.16. The lowest BCUT2D eigenvalue weighted by molar-refractivity contribution is -0.145. The van der Waals surface area contributed by atoms with Crippen molar-refractivity contribution in [3.05, 3.63) is 35.4 Å². The fourth-order valence-corrected chi connectivity index (χ4v) is 1.80. The Bertz CT molecular complexity index is 445. The molecule has 0 spiro atoms. The van der Waals surface area contributed by atoms with E-state index < -0.39 is 12.0 Å². The molecule has 0 aliphatic heterocycles. The van der Waals surface area contributed by atoms with Crippen molar-refractivity contribution in [1.82, 2.24) is 5.32 Å². The number of carboxylic acids is 1. The van der Waals surface area contributed by atoms with Gasteiger partial charge in [-0.15, -0.1) is 0 Å². The van der Waals surface area contributed by atoms with Gasteiger partial charge < -0.3 is 15.2 Å². The monoisotopic (exact) mass is 265 g/mol. The van der Waals surface area contributed by atoms with Gasteiger partial charge in [0.15, 0.2) is 0 Å². The summed E-state index contributed by atoms with van der Waals surface area (Å²) in [7, 11) is 0. The van der Waals surface area contributed by atoms with Crippen molar-refractivity contribution in [3.63, 3.8) is 0 Å². The van der Waals surface area contributed by atoms with Crippen LogP contribution in [-0.2, 0) is 16.0 Å². The molecule has 0 unspecified atom stereocenters. The van der Waals surface area contributed by atoms with E-state index in [1.807, 2.05) is 6.92 Å². The Morgan fingerprint density at radius 1 is 1.37 bits per heavy atom. The van der Waals surface area contributed by atoms with Crippen LogP contribution in [0.15, 0.2) is 24.3 Å². The number of rotatable bonds is 7. The van der Waals surface area contributed by atoms with Crippen molar-refractivity contribution in [1.29, 1.82) is 0 Å². The number of hydrogen-bond acceptors (Lipinski definition) is 4. The number of carboxylic acid groups (broad SMARTS) is 1. The van der Waals surface area contributed by atoms with E-state index in [-0.39, 0.29) is 11.5 Å². The lowest BCUT2D eigenvalue weighted by atomic mass is 10.0. The first-order chi connectivity index (χ1) is 9.08. The number of benzene rings is 1. The summed E-state index contributed by atoms with van der Waals surface area (Å²) >= 11 is 0. The summed E-state index contributed by atoms with van der Waals surface area (Å²) < 4.78 is 4.99. The minimum absolute atomic E-state index is 0.219. The highest BCUT2D eigenvalue weighted by Gasteiger charge is 2.19. The van der Waals surface area contributed by atoms with Crippen LogP contribution in [0.5, 0.6) is 0 Å². The van der Waals surface area contributed by atoms with Crippen LogP contribution in [0.25, 0.3) is 0 Å². The van der Waals surface area contributed by atoms with E-state index in [0.717, 1.165) is 5.56 Å². The van der Waals surface area contributed by atoms with Crippen molar-refractivity contribution >= 4 is 11.9 Å². The van der Waals surface area contributed by atoms with Gasteiger partial charge in [0.2, 0.25) is 0 Å². The van der Waals surface area contributed by atoms with Crippen molar-refractivity contribution in [3.8, 4) is 0 Å². The quantitative estimate of drug-likeness (QED) is 0.730. The van der Waals surface area contributed by atoms with E-state index in [4.69, 9.17) is 9.84 Å². The summed E-state index contributed by atoms with van der Waals surface area (Å²) in [6.45, 7) is 4.63. The van der Waals surface area contributed by atoms with Gasteiger partial charge in [-0.05, 0) is 37.6 Å². The number of nitrogens with one attached hydrogen (secondary N) is 1. The molecule has 0 radical (unpaired) electrons. The molecule has 104 valence electrons. The van der Waals surface area contributed by atoms with Crippen molar-refractivity contribution < 1.29 is 19.4 Å². The number of carbonyl (C=O) groups is 2. The Hall–Kier alpha value is -1.88. The van der Waals surface area contributed by atoms with Gasteiger partial charge in [0, 0.05) is 0 Å². The molecular formula is C14H19NO4. The van der Waals surface area contributed by atoms with Crippen LogP contribution >= 0.6 is 0 Å². The second kappa shape index (κ2) is 7.53. The molecule has 0 amide bonds. The van der Waals surface area contributed by atoms with Crippen LogP contribution in [0.3, 0.4) is 0 Å². The molecule has 2 N–H and O–H groups in total. The number of carbonyl (C=O) groups excluding carboxylic acids is 1. The molecule has 0 heterocycles. The van der Waals surface area contributed by atoms with Gasteiger partial charge in [0.25, 0.3) is 0 Å². The predicted octanol–water partition coefficient (Wildman–Crippen LogP) is 1.47. The standard InChI is InChI=1S/C14H19NO4/c1-3-15-12(14(18)19-4-2)9-10-6-5-7-11(8-10)13(16)17/h5-8,12,15H,3-4,9H2,1-2H3,(H,16,17)/t12-/m1/s1. The molecule has 0 aromatic heterocycles. The molecule has 5 nitrogen and oxygen atoms in total. The summed E-state index contributed by atoms with van der Waals surface area (Å²) in [5, 5.41) is 12.0. The molecule has 0 aliphatic carbocycles. The summed E-state index contributed by atoms with van der Waals surface area (Å²) in [6.07, 6.45) is 0.411. The highest BCUT2D eigenvalue weighted by molar-refractivity contribution is 5.87. The van der Waals surface area contributed by atoms with Crippen LogP contribution in [-0.4, -0.2) is 36.2 Å².